The Balaban J connectivity index is 3.14. The lowest BCUT2D eigenvalue weighted by Gasteiger charge is -2.00. The van der Waals surface area contributed by atoms with E-state index in [9.17, 15) is 0 Å². The summed E-state index contributed by atoms with van der Waals surface area (Å²) in [5, 5.41) is 12.4. The van der Waals surface area contributed by atoms with Crippen molar-refractivity contribution in [1.82, 2.24) is 0 Å². The van der Waals surface area contributed by atoms with Gasteiger partial charge < -0.3 is 4.84 Å². The fourth-order valence-corrected chi connectivity index (χ4v) is 1.06. The summed E-state index contributed by atoms with van der Waals surface area (Å²) in [7, 11) is 1.43. The fraction of sp³-hybridized carbons (Fsp3) is 0.200. The third-order valence-electron chi connectivity index (χ3n) is 1.69. The summed E-state index contributed by atoms with van der Waals surface area (Å²) in [6.07, 6.45) is 0. The number of hydrogen-bond acceptors (Lipinski definition) is 3. The van der Waals surface area contributed by atoms with Gasteiger partial charge in [0.05, 0.1) is 0 Å². The summed E-state index contributed by atoms with van der Waals surface area (Å²) >= 11 is 0. The van der Waals surface area contributed by atoms with Crippen molar-refractivity contribution in [2.45, 2.75) is 6.92 Å². The molecule has 1 aromatic carbocycles. The highest BCUT2D eigenvalue weighted by atomic mass is 16.6. The Kier molecular flexibility index (Phi) is 3.04. The number of nitriles is 1. The van der Waals surface area contributed by atoms with Gasteiger partial charge in [0.25, 0.3) is 0 Å². The standard InChI is InChI=1S/C10H10N2O/c1-8-5-3-4-6-9(8)10(7-11)12-13-2/h3-6H,1-2H3/b12-10+. The molecule has 0 saturated heterocycles. The molecule has 0 bridgehead atoms. The van der Waals surface area contributed by atoms with Crippen LogP contribution in [0.25, 0.3) is 0 Å². The number of benzene rings is 1. The minimum atomic E-state index is 0.306. The number of hydrogen-bond donors (Lipinski definition) is 0. The van der Waals surface area contributed by atoms with E-state index >= 15 is 0 Å². The lowest BCUT2D eigenvalue weighted by atomic mass is 10.1. The van der Waals surface area contributed by atoms with Gasteiger partial charge in [-0.25, -0.2) is 0 Å². The van der Waals surface area contributed by atoms with E-state index in [1.165, 1.54) is 7.11 Å². The molecule has 3 heteroatoms. The van der Waals surface area contributed by atoms with Crippen LogP contribution in [0.5, 0.6) is 0 Å². The number of nitrogens with zero attached hydrogens (tertiary/aromatic N) is 2. The van der Waals surface area contributed by atoms with E-state index in [0.29, 0.717) is 5.71 Å². The van der Waals surface area contributed by atoms with Gasteiger partial charge in [-0.2, -0.15) is 5.26 Å². The molecule has 0 heterocycles. The van der Waals surface area contributed by atoms with Crippen LogP contribution in [0.2, 0.25) is 0 Å². The second kappa shape index (κ2) is 4.27. The molecule has 0 aromatic heterocycles. The zero-order chi connectivity index (χ0) is 9.68. The first kappa shape index (κ1) is 9.27. The van der Waals surface area contributed by atoms with E-state index in [-0.39, 0.29) is 0 Å². The van der Waals surface area contributed by atoms with Crippen LogP contribution in [0.1, 0.15) is 11.1 Å². The third kappa shape index (κ3) is 2.06. The van der Waals surface area contributed by atoms with E-state index in [1.807, 2.05) is 37.3 Å². The van der Waals surface area contributed by atoms with Crippen molar-refractivity contribution in [3.05, 3.63) is 35.4 Å². The first-order chi connectivity index (χ1) is 6.29. The number of rotatable bonds is 2. The summed E-state index contributed by atoms with van der Waals surface area (Å²) in [5.41, 5.74) is 2.13. The molecule has 0 N–H and O–H groups in total. The minimum absolute atomic E-state index is 0.306. The van der Waals surface area contributed by atoms with Crippen molar-refractivity contribution in [3.8, 4) is 6.07 Å². The molecular weight excluding hydrogens is 164 g/mol. The summed E-state index contributed by atoms with van der Waals surface area (Å²) in [5.74, 6) is 0. The van der Waals surface area contributed by atoms with Gasteiger partial charge >= 0.3 is 0 Å². The van der Waals surface area contributed by atoms with Crippen LogP contribution >= 0.6 is 0 Å². The van der Waals surface area contributed by atoms with E-state index in [2.05, 4.69) is 9.99 Å². The van der Waals surface area contributed by atoms with E-state index in [4.69, 9.17) is 5.26 Å². The van der Waals surface area contributed by atoms with Gasteiger partial charge in [0.2, 0.25) is 0 Å². The zero-order valence-corrected chi connectivity index (χ0v) is 7.61. The van der Waals surface area contributed by atoms with Crippen molar-refractivity contribution in [2.75, 3.05) is 7.11 Å². The molecule has 0 atom stereocenters. The Hall–Kier alpha value is -1.82. The molecule has 0 unspecified atom stereocenters. The van der Waals surface area contributed by atoms with Gasteiger partial charge in [0.15, 0.2) is 5.71 Å². The molecule has 1 rings (SSSR count). The second-order valence-corrected chi connectivity index (χ2v) is 2.55. The van der Waals surface area contributed by atoms with E-state index in [0.717, 1.165) is 11.1 Å². The van der Waals surface area contributed by atoms with Gasteiger partial charge in [-0.05, 0) is 12.5 Å². The first-order valence-corrected chi connectivity index (χ1v) is 3.87. The van der Waals surface area contributed by atoms with Crippen LogP contribution in [0, 0.1) is 18.3 Å². The lowest BCUT2D eigenvalue weighted by Crippen LogP contribution is -2.00. The number of aryl methyl sites for hydroxylation is 1. The Morgan fingerprint density at radius 2 is 2.15 bits per heavy atom. The smallest absolute Gasteiger partial charge is 0.187 e. The minimum Gasteiger partial charge on any atom is -0.398 e. The average Bonchev–Trinajstić information content (AvgIpc) is 2.16. The second-order valence-electron chi connectivity index (χ2n) is 2.55. The molecule has 3 nitrogen and oxygen atoms in total. The van der Waals surface area contributed by atoms with Crippen molar-refractivity contribution in [2.24, 2.45) is 5.16 Å². The Labute approximate surface area is 77.2 Å². The van der Waals surface area contributed by atoms with Crippen molar-refractivity contribution in [3.63, 3.8) is 0 Å². The van der Waals surface area contributed by atoms with E-state index in [1.54, 1.807) is 0 Å². The molecule has 0 amide bonds. The topological polar surface area (TPSA) is 45.4 Å². The zero-order valence-electron chi connectivity index (χ0n) is 7.61. The van der Waals surface area contributed by atoms with Gasteiger partial charge in [-0.1, -0.05) is 29.4 Å². The number of oxime groups is 1. The SMILES string of the molecule is CO/N=C(\C#N)c1ccccc1C. The fourth-order valence-electron chi connectivity index (χ4n) is 1.06. The summed E-state index contributed by atoms with van der Waals surface area (Å²) in [6, 6.07) is 9.54. The summed E-state index contributed by atoms with van der Waals surface area (Å²) in [4.78, 5) is 4.57. The van der Waals surface area contributed by atoms with Gasteiger partial charge in [0.1, 0.15) is 13.2 Å². The van der Waals surface area contributed by atoms with Crippen LogP contribution in [-0.2, 0) is 4.84 Å². The molecule has 0 radical (unpaired) electrons. The Morgan fingerprint density at radius 3 is 2.69 bits per heavy atom. The highest BCUT2D eigenvalue weighted by molar-refractivity contribution is 6.12. The molecule has 0 aliphatic heterocycles. The van der Waals surface area contributed by atoms with Gasteiger partial charge in [0, 0.05) is 5.56 Å². The van der Waals surface area contributed by atoms with Crippen LogP contribution in [-0.4, -0.2) is 12.8 Å². The van der Waals surface area contributed by atoms with Gasteiger partial charge in [-0.3, -0.25) is 0 Å². The van der Waals surface area contributed by atoms with Crippen LogP contribution in [0.15, 0.2) is 29.4 Å². The molecule has 0 fully saturated rings. The van der Waals surface area contributed by atoms with Crippen molar-refractivity contribution < 1.29 is 4.84 Å². The van der Waals surface area contributed by atoms with Crippen LogP contribution in [0.4, 0.5) is 0 Å². The highest BCUT2D eigenvalue weighted by Gasteiger charge is 2.04. The van der Waals surface area contributed by atoms with Gasteiger partial charge in [-0.15, -0.1) is 0 Å². The maximum absolute atomic E-state index is 8.77. The Bertz CT molecular complexity index is 363. The lowest BCUT2D eigenvalue weighted by molar-refractivity contribution is 0.214. The molecule has 0 spiro atoms. The predicted octanol–water partition coefficient (Wildman–Crippen LogP) is 1.87. The molecule has 0 aliphatic carbocycles. The van der Waals surface area contributed by atoms with Crippen molar-refractivity contribution in [1.29, 1.82) is 5.26 Å². The summed E-state index contributed by atoms with van der Waals surface area (Å²) < 4.78 is 0. The molecule has 0 aliphatic rings. The molecule has 66 valence electrons. The highest BCUT2D eigenvalue weighted by Crippen LogP contribution is 2.08. The predicted molar refractivity (Wildman–Crippen MR) is 50.3 cm³/mol. The van der Waals surface area contributed by atoms with E-state index < -0.39 is 0 Å². The first-order valence-electron chi connectivity index (χ1n) is 3.87. The third-order valence-corrected chi connectivity index (χ3v) is 1.69. The Morgan fingerprint density at radius 1 is 1.46 bits per heavy atom. The average molecular weight is 174 g/mol. The van der Waals surface area contributed by atoms with Crippen LogP contribution in [0.3, 0.4) is 0 Å². The quantitative estimate of drug-likeness (QED) is 0.507. The molecule has 0 saturated carbocycles. The molecular formula is C10H10N2O. The van der Waals surface area contributed by atoms with Crippen molar-refractivity contribution >= 4 is 5.71 Å². The normalized spacial score (nSPS) is 10.7. The van der Waals surface area contributed by atoms with Crippen LogP contribution < -0.4 is 0 Å². The summed E-state index contributed by atoms with van der Waals surface area (Å²) in [6.45, 7) is 1.93. The molecule has 13 heavy (non-hydrogen) atoms. The maximum atomic E-state index is 8.77. The molecule has 1 aromatic rings. The monoisotopic (exact) mass is 174 g/mol. The largest absolute Gasteiger partial charge is 0.398 e. The maximum Gasteiger partial charge on any atom is 0.187 e.